The number of pyridine rings is 1. The molecule has 6 heteroatoms. The van der Waals surface area contributed by atoms with Crippen molar-refractivity contribution in [3.8, 4) is 0 Å². The quantitative estimate of drug-likeness (QED) is 0.771. The third-order valence-corrected chi connectivity index (χ3v) is 4.65. The maximum Gasteiger partial charge on any atom is 0.236 e. The summed E-state index contributed by atoms with van der Waals surface area (Å²) in [5, 5.41) is 0. The number of hydrogen-bond donors (Lipinski definition) is 0. The van der Waals surface area contributed by atoms with Crippen LogP contribution in [0.25, 0.3) is 0 Å². The lowest BCUT2D eigenvalue weighted by Crippen LogP contribution is -2.51. The van der Waals surface area contributed by atoms with Crippen molar-refractivity contribution in [3.63, 3.8) is 0 Å². The topological polar surface area (TPSA) is 48.9 Å². The Morgan fingerprint density at radius 2 is 1.65 bits per heavy atom. The largest absolute Gasteiger partial charge is 0.378 e. The Morgan fingerprint density at radius 3 is 2.35 bits per heavy atom. The molecule has 1 aromatic rings. The predicted octanol–water partition coefficient (Wildman–Crippen LogP) is 0.101. The van der Waals surface area contributed by atoms with Crippen LogP contribution in [0.5, 0.6) is 0 Å². The van der Waals surface area contributed by atoms with Crippen molar-refractivity contribution in [2.24, 2.45) is 0 Å². The second-order valence-electron chi connectivity index (χ2n) is 6.22. The summed E-state index contributed by atoms with van der Waals surface area (Å²) in [5.41, 5.74) is 1.34. The number of ether oxygens (including phenoxy) is 1. The molecule has 0 bridgehead atoms. The van der Waals surface area contributed by atoms with Crippen molar-refractivity contribution in [1.29, 1.82) is 0 Å². The molecule has 0 saturated carbocycles. The van der Waals surface area contributed by atoms with E-state index in [-0.39, 0.29) is 5.91 Å². The Morgan fingerprint density at radius 1 is 1.00 bits per heavy atom. The average Bonchev–Trinajstić information content (AvgIpc) is 2.63. The van der Waals surface area contributed by atoms with E-state index >= 15 is 0 Å². The Balaban J connectivity index is 1.36. The van der Waals surface area contributed by atoms with Gasteiger partial charge in [-0.15, -0.1) is 0 Å². The van der Waals surface area contributed by atoms with Crippen LogP contribution >= 0.6 is 0 Å². The van der Waals surface area contributed by atoms with Gasteiger partial charge in [-0.1, -0.05) is 0 Å². The van der Waals surface area contributed by atoms with Crippen molar-refractivity contribution in [2.45, 2.75) is 6.42 Å². The first-order valence-corrected chi connectivity index (χ1v) is 8.50. The van der Waals surface area contributed by atoms with Crippen molar-refractivity contribution >= 4 is 5.91 Å². The summed E-state index contributed by atoms with van der Waals surface area (Å²) in [7, 11) is 0. The fraction of sp³-hybridized carbons (Fsp3) is 0.647. The molecule has 126 valence electrons. The van der Waals surface area contributed by atoms with Crippen molar-refractivity contribution in [1.82, 2.24) is 19.7 Å². The first-order chi connectivity index (χ1) is 11.3. The Bertz CT molecular complexity index is 483. The molecule has 0 N–H and O–H groups in total. The zero-order valence-electron chi connectivity index (χ0n) is 13.7. The van der Waals surface area contributed by atoms with Gasteiger partial charge < -0.3 is 14.5 Å². The van der Waals surface area contributed by atoms with Crippen LogP contribution in [0.1, 0.15) is 5.56 Å². The second-order valence-corrected chi connectivity index (χ2v) is 6.22. The van der Waals surface area contributed by atoms with Gasteiger partial charge in [0.1, 0.15) is 0 Å². The number of piperazine rings is 1. The maximum absolute atomic E-state index is 12.3. The highest BCUT2D eigenvalue weighted by atomic mass is 16.5. The van der Waals surface area contributed by atoms with E-state index in [1.165, 1.54) is 5.56 Å². The molecule has 1 aromatic heterocycles. The van der Waals surface area contributed by atoms with Gasteiger partial charge in [0.05, 0.1) is 19.8 Å². The Kier molecular flexibility index (Phi) is 5.96. The van der Waals surface area contributed by atoms with Gasteiger partial charge in [-0.2, -0.15) is 0 Å². The van der Waals surface area contributed by atoms with Gasteiger partial charge >= 0.3 is 0 Å². The fourth-order valence-corrected chi connectivity index (χ4v) is 3.11. The number of morpholine rings is 1. The lowest BCUT2D eigenvalue weighted by molar-refractivity contribution is -0.136. The summed E-state index contributed by atoms with van der Waals surface area (Å²) in [6.45, 7) is 8.51. The number of rotatable bonds is 5. The maximum atomic E-state index is 12.3. The van der Waals surface area contributed by atoms with E-state index in [1.54, 1.807) is 0 Å². The van der Waals surface area contributed by atoms with E-state index in [1.807, 2.05) is 17.3 Å². The van der Waals surface area contributed by atoms with Crippen LogP contribution in [0.3, 0.4) is 0 Å². The van der Waals surface area contributed by atoms with Crippen LogP contribution in [-0.4, -0.2) is 91.2 Å². The van der Waals surface area contributed by atoms with E-state index in [2.05, 4.69) is 26.9 Å². The molecule has 3 heterocycles. The lowest BCUT2D eigenvalue weighted by Gasteiger charge is -2.36. The number of hydrogen-bond acceptors (Lipinski definition) is 5. The standard InChI is InChI=1S/C17H26N4O2/c22-17(21-11-13-23-14-12-21)15-20-9-7-19(8-10-20)6-3-16-1-4-18-5-2-16/h1-2,4-5H,3,6-15H2. The minimum atomic E-state index is 0.249. The molecular formula is C17H26N4O2. The third-order valence-electron chi connectivity index (χ3n) is 4.65. The highest BCUT2D eigenvalue weighted by molar-refractivity contribution is 5.78. The number of amides is 1. The first kappa shape index (κ1) is 16.4. The van der Waals surface area contributed by atoms with Gasteiger partial charge in [-0.25, -0.2) is 0 Å². The van der Waals surface area contributed by atoms with Gasteiger partial charge in [-0.05, 0) is 24.1 Å². The summed E-state index contributed by atoms with van der Waals surface area (Å²) in [6.07, 6.45) is 4.77. The molecule has 0 aromatic carbocycles. The van der Waals surface area contributed by atoms with Gasteiger partial charge in [0.15, 0.2) is 0 Å². The van der Waals surface area contributed by atoms with Crippen molar-refractivity contribution in [3.05, 3.63) is 30.1 Å². The van der Waals surface area contributed by atoms with Gasteiger partial charge in [0.2, 0.25) is 5.91 Å². The van der Waals surface area contributed by atoms with Gasteiger partial charge in [0, 0.05) is 58.2 Å². The van der Waals surface area contributed by atoms with Gasteiger partial charge in [-0.3, -0.25) is 14.7 Å². The number of carbonyl (C=O) groups is 1. The summed E-state index contributed by atoms with van der Waals surface area (Å²) >= 11 is 0. The summed E-state index contributed by atoms with van der Waals surface area (Å²) in [4.78, 5) is 23.0. The average molecular weight is 318 g/mol. The zero-order chi connectivity index (χ0) is 15.9. The molecular weight excluding hydrogens is 292 g/mol. The minimum Gasteiger partial charge on any atom is -0.378 e. The van der Waals surface area contributed by atoms with Gasteiger partial charge in [0.25, 0.3) is 0 Å². The van der Waals surface area contributed by atoms with Crippen molar-refractivity contribution < 1.29 is 9.53 Å². The molecule has 2 aliphatic rings. The normalized spacial score (nSPS) is 20.6. The van der Waals surface area contributed by atoms with E-state index in [0.29, 0.717) is 19.8 Å². The van der Waals surface area contributed by atoms with Crippen LogP contribution in [0.4, 0.5) is 0 Å². The van der Waals surface area contributed by atoms with E-state index in [0.717, 1.165) is 52.2 Å². The first-order valence-electron chi connectivity index (χ1n) is 8.50. The monoisotopic (exact) mass is 318 g/mol. The molecule has 3 rings (SSSR count). The number of carbonyl (C=O) groups excluding carboxylic acids is 1. The predicted molar refractivity (Wildman–Crippen MR) is 88.2 cm³/mol. The molecule has 23 heavy (non-hydrogen) atoms. The molecule has 6 nitrogen and oxygen atoms in total. The fourth-order valence-electron chi connectivity index (χ4n) is 3.11. The SMILES string of the molecule is O=C(CN1CCN(CCc2ccncc2)CC1)N1CCOCC1. The van der Waals surface area contributed by atoms with Crippen LogP contribution in [-0.2, 0) is 16.0 Å². The highest BCUT2D eigenvalue weighted by Gasteiger charge is 2.22. The molecule has 0 spiro atoms. The molecule has 0 atom stereocenters. The molecule has 2 aliphatic heterocycles. The van der Waals surface area contributed by atoms with Crippen molar-refractivity contribution in [2.75, 3.05) is 65.6 Å². The third kappa shape index (κ3) is 4.99. The molecule has 0 unspecified atom stereocenters. The molecule has 2 fully saturated rings. The minimum absolute atomic E-state index is 0.249. The number of aromatic nitrogens is 1. The number of nitrogens with zero attached hydrogens (tertiary/aromatic N) is 4. The highest BCUT2D eigenvalue weighted by Crippen LogP contribution is 2.06. The summed E-state index contributed by atoms with van der Waals surface area (Å²) in [6, 6.07) is 4.16. The molecule has 1 amide bonds. The Labute approximate surface area is 138 Å². The van der Waals surface area contributed by atoms with Crippen LogP contribution in [0, 0.1) is 0 Å². The molecule has 2 saturated heterocycles. The summed E-state index contributed by atoms with van der Waals surface area (Å²) < 4.78 is 5.30. The van der Waals surface area contributed by atoms with E-state index < -0.39 is 0 Å². The molecule has 0 radical (unpaired) electrons. The molecule has 0 aliphatic carbocycles. The van der Waals surface area contributed by atoms with Crippen LogP contribution in [0.15, 0.2) is 24.5 Å². The lowest BCUT2D eigenvalue weighted by atomic mass is 10.2. The summed E-state index contributed by atoms with van der Waals surface area (Å²) in [5.74, 6) is 0.249. The van der Waals surface area contributed by atoms with Crippen LogP contribution in [0.2, 0.25) is 0 Å². The Hall–Kier alpha value is -1.50. The van der Waals surface area contributed by atoms with E-state index in [9.17, 15) is 4.79 Å². The van der Waals surface area contributed by atoms with Crippen LogP contribution < -0.4 is 0 Å². The zero-order valence-corrected chi connectivity index (χ0v) is 13.7. The van der Waals surface area contributed by atoms with E-state index in [4.69, 9.17) is 4.74 Å². The second kappa shape index (κ2) is 8.38. The smallest absolute Gasteiger partial charge is 0.236 e.